The Kier molecular flexibility index (Phi) is 6.71. The Labute approximate surface area is 139 Å². The number of likely N-dealkylation sites (N-methyl/N-ethyl adjacent to an activating group) is 1. The van der Waals surface area contributed by atoms with Crippen molar-refractivity contribution in [1.29, 1.82) is 0 Å². The minimum Gasteiger partial charge on any atom is -0.493 e. The number of nitrogens with one attached hydrogen (secondary N) is 2. The molecule has 1 saturated heterocycles. The Morgan fingerprint density at radius 1 is 1.30 bits per heavy atom. The fourth-order valence-corrected chi connectivity index (χ4v) is 2.66. The van der Waals surface area contributed by atoms with Gasteiger partial charge >= 0.3 is 6.03 Å². The lowest BCUT2D eigenvalue weighted by Gasteiger charge is -2.19. The highest BCUT2D eigenvalue weighted by atomic mass is 16.5. The quantitative estimate of drug-likeness (QED) is 0.812. The van der Waals surface area contributed by atoms with Gasteiger partial charge in [-0.1, -0.05) is 26.0 Å². The molecule has 1 aliphatic rings. The summed E-state index contributed by atoms with van der Waals surface area (Å²) >= 11 is 0. The Bertz CT molecular complexity index is 488. The van der Waals surface area contributed by atoms with Crippen molar-refractivity contribution in [2.24, 2.45) is 5.92 Å². The second kappa shape index (κ2) is 8.77. The standard InChI is InChI=1S/C18H29N3O2/c1-14(2)13-23-17-8-6-15(7-9-17)11-19-18(22)20-12-16-5-4-10-21(16)3/h6-9,14,16H,4-5,10-13H2,1-3H3,(H2,19,20,22)/t16-/m0/s1. The van der Waals surface area contributed by atoms with E-state index < -0.39 is 0 Å². The predicted octanol–water partition coefficient (Wildman–Crippen LogP) is 2.61. The minimum atomic E-state index is -0.106. The van der Waals surface area contributed by atoms with Gasteiger partial charge in [0.05, 0.1) is 6.61 Å². The molecule has 1 fully saturated rings. The van der Waals surface area contributed by atoms with Crippen molar-refractivity contribution in [1.82, 2.24) is 15.5 Å². The van der Waals surface area contributed by atoms with Gasteiger partial charge in [-0.2, -0.15) is 0 Å². The van der Waals surface area contributed by atoms with Gasteiger partial charge < -0.3 is 20.3 Å². The molecule has 1 atom stereocenters. The molecule has 0 bridgehead atoms. The summed E-state index contributed by atoms with van der Waals surface area (Å²) in [7, 11) is 2.11. The van der Waals surface area contributed by atoms with E-state index in [1.165, 1.54) is 6.42 Å². The monoisotopic (exact) mass is 319 g/mol. The number of hydrogen-bond donors (Lipinski definition) is 2. The van der Waals surface area contributed by atoms with E-state index in [4.69, 9.17) is 4.74 Å². The summed E-state index contributed by atoms with van der Waals surface area (Å²) in [5.41, 5.74) is 1.06. The van der Waals surface area contributed by atoms with Crippen molar-refractivity contribution >= 4 is 6.03 Å². The Balaban J connectivity index is 1.67. The van der Waals surface area contributed by atoms with Crippen LogP contribution in [-0.2, 0) is 6.54 Å². The molecule has 0 aliphatic carbocycles. The molecule has 5 nitrogen and oxygen atoms in total. The third-order valence-electron chi connectivity index (χ3n) is 4.13. The molecule has 0 radical (unpaired) electrons. The Hall–Kier alpha value is -1.75. The van der Waals surface area contributed by atoms with E-state index in [0.717, 1.165) is 30.9 Å². The summed E-state index contributed by atoms with van der Waals surface area (Å²) in [6.45, 7) is 7.33. The minimum absolute atomic E-state index is 0.106. The largest absolute Gasteiger partial charge is 0.493 e. The summed E-state index contributed by atoms with van der Waals surface area (Å²) < 4.78 is 5.65. The van der Waals surface area contributed by atoms with Gasteiger partial charge in [-0.3, -0.25) is 0 Å². The van der Waals surface area contributed by atoms with Crippen LogP contribution in [0.1, 0.15) is 32.3 Å². The lowest BCUT2D eigenvalue weighted by Crippen LogP contribution is -2.42. The smallest absolute Gasteiger partial charge is 0.315 e. The lowest BCUT2D eigenvalue weighted by molar-refractivity contribution is 0.234. The number of ether oxygens (including phenoxy) is 1. The van der Waals surface area contributed by atoms with Gasteiger partial charge in [-0.15, -0.1) is 0 Å². The number of likely N-dealkylation sites (tertiary alicyclic amines) is 1. The molecule has 2 N–H and O–H groups in total. The summed E-state index contributed by atoms with van der Waals surface area (Å²) in [5.74, 6) is 1.38. The maximum Gasteiger partial charge on any atom is 0.315 e. The number of benzene rings is 1. The maximum atomic E-state index is 11.9. The van der Waals surface area contributed by atoms with Crippen molar-refractivity contribution in [3.63, 3.8) is 0 Å². The second-order valence-electron chi connectivity index (χ2n) is 6.69. The van der Waals surface area contributed by atoms with E-state index in [-0.39, 0.29) is 6.03 Å². The van der Waals surface area contributed by atoms with Crippen molar-refractivity contribution in [3.05, 3.63) is 29.8 Å². The first-order valence-electron chi connectivity index (χ1n) is 8.48. The molecular formula is C18H29N3O2. The SMILES string of the molecule is CC(C)COc1ccc(CNC(=O)NC[C@@H]2CCCN2C)cc1. The Morgan fingerprint density at radius 3 is 2.65 bits per heavy atom. The average Bonchev–Trinajstić information content (AvgIpc) is 2.95. The van der Waals surface area contributed by atoms with Crippen LogP contribution < -0.4 is 15.4 Å². The summed E-state index contributed by atoms with van der Waals surface area (Å²) in [6, 6.07) is 8.24. The molecule has 1 aromatic rings. The van der Waals surface area contributed by atoms with Crippen LogP contribution in [-0.4, -0.2) is 43.7 Å². The molecule has 1 aliphatic heterocycles. The summed E-state index contributed by atoms with van der Waals surface area (Å²) in [5, 5.41) is 5.85. The van der Waals surface area contributed by atoms with Crippen LogP contribution in [0.4, 0.5) is 4.79 Å². The first-order chi connectivity index (χ1) is 11.0. The van der Waals surface area contributed by atoms with Crippen LogP contribution in [0.25, 0.3) is 0 Å². The van der Waals surface area contributed by atoms with Crippen LogP contribution in [0.3, 0.4) is 0 Å². The number of rotatable bonds is 7. The fourth-order valence-electron chi connectivity index (χ4n) is 2.66. The molecular weight excluding hydrogens is 290 g/mol. The molecule has 0 saturated carbocycles. The summed E-state index contributed by atoms with van der Waals surface area (Å²) in [4.78, 5) is 14.2. The Morgan fingerprint density at radius 2 is 2.04 bits per heavy atom. The number of urea groups is 1. The second-order valence-corrected chi connectivity index (χ2v) is 6.69. The highest BCUT2D eigenvalue weighted by Gasteiger charge is 2.20. The predicted molar refractivity (Wildman–Crippen MR) is 92.7 cm³/mol. The van der Waals surface area contributed by atoms with Crippen molar-refractivity contribution in [3.8, 4) is 5.75 Å². The highest BCUT2D eigenvalue weighted by Crippen LogP contribution is 2.14. The van der Waals surface area contributed by atoms with E-state index in [2.05, 4.69) is 36.4 Å². The van der Waals surface area contributed by atoms with E-state index in [1.54, 1.807) is 0 Å². The molecule has 23 heavy (non-hydrogen) atoms. The van der Waals surface area contributed by atoms with Gasteiger partial charge in [0.2, 0.25) is 0 Å². The molecule has 128 valence electrons. The topological polar surface area (TPSA) is 53.6 Å². The van der Waals surface area contributed by atoms with Gasteiger partial charge in [0.15, 0.2) is 0 Å². The zero-order valence-electron chi connectivity index (χ0n) is 14.5. The molecule has 2 amide bonds. The third kappa shape index (κ3) is 6.10. The van der Waals surface area contributed by atoms with Crippen LogP contribution in [0, 0.1) is 5.92 Å². The normalized spacial score (nSPS) is 18.2. The van der Waals surface area contributed by atoms with Crippen molar-refractivity contribution < 1.29 is 9.53 Å². The highest BCUT2D eigenvalue weighted by molar-refractivity contribution is 5.73. The van der Waals surface area contributed by atoms with Gasteiger partial charge in [0.25, 0.3) is 0 Å². The van der Waals surface area contributed by atoms with E-state index in [9.17, 15) is 4.79 Å². The zero-order valence-corrected chi connectivity index (χ0v) is 14.5. The van der Waals surface area contributed by atoms with Crippen LogP contribution in [0.15, 0.2) is 24.3 Å². The maximum absolute atomic E-state index is 11.9. The zero-order chi connectivity index (χ0) is 16.7. The average molecular weight is 319 g/mol. The molecule has 2 rings (SSSR count). The molecule has 0 spiro atoms. The summed E-state index contributed by atoms with van der Waals surface area (Å²) in [6.07, 6.45) is 2.38. The van der Waals surface area contributed by atoms with Gasteiger partial charge in [-0.25, -0.2) is 4.79 Å². The number of nitrogens with zero attached hydrogens (tertiary/aromatic N) is 1. The number of amides is 2. The van der Waals surface area contributed by atoms with Crippen LogP contribution in [0.2, 0.25) is 0 Å². The van der Waals surface area contributed by atoms with Gasteiger partial charge in [0, 0.05) is 19.1 Å². The van der Waals surface area contributed by atoms with E-state index in [0.29, 0.717) is 25.0 Å². The molecule has 0 unspecified atom stereocenters. The van der Waals surface area contributed by atoms with Gasteiger partial charge in [0.1, 0.15) is 5.75 Å². The van der Waals surface area contributed by atoms with Crippen LogP contribution in [0.5, 0.6) is 5.75 Å². The molecule has 1 aromatic carbocycles. The van der Waals surface area contributed by atoms with Crippen molar-refractivity contribution in [2.45, 2.75) is 39.3 Å². The van der Waals surface area contributed by atoms with Crippen LogP contribution >= 0.6 is 0 Å². The van der Waals surface area contributed by atoms with E-state index in [1.807, 2.05) is 24.3 Å². The lowest BCUT2D eigenvalue weighted by atomic mass is 10.2. The van der Waals surface area contributed by atoms with Gasteiger partial charge in [-0.05, 0) is 50.0 Å². The van der Waals surface area contributed by atoms with Crippen molar-refractivity contribution in [2.75, 3.05) is 26.7 Å². The third-order valence-corrected chi connectivity index (χ3v) is 4.13. The number of hydrogen-bond acceptors (Lipinski definition) is 3. The first-order valence-corrected chi connectivity index (χ1v) is 8.48. The fraction of sp³-hybridized carbons (Fsp3) is 0.611. The van der Waals surface area contributed by atoms with E-state index >= 15 is 0 Å². The molecule has 5 heteroatoms. The first kappa shape index (κ1) is 17.6. The molecule has 0 aromatic heterocycles. The number of carbonyl (C=O) groups excluding carboxylic acids is 1. The number of carbonyl (C=O) groups is 1. The molecule has 1 heterocycles.